The van der Waals surface area contributed by atoms with E-state index in [1.165, 1.54) is 24.3 Å². The maximum absolute atomic E-state index is 11.6. The first kappa shape index (κ1) is 13.9. The molecular formula is C9H10ClNO5S. The van der Waals surface area contributed by atoms with E-state index in [-0.39, 0.29) is 4.90 Å². The van der Waals surface area contributed by atoms with E-state index < -0.39 is 28.6 Å². The van der Waals surface area contributed by atoms with Crippen LogP contribution in [0.5, 0.6) is 0 Å². The summed E-state index contributed by atoms with van der Waals surface area (Å²) in [5, 5.41) is 17.7. The molecule has 0 saturated heterocycles. The minimum Gasteiger partial charge on any atom is -0.479 e. The zero-order chi connectivity index (χ0) is 13.1. The number of aliphatic hydroxyl groups excluding tert-OH is 1. The minimum absolute atomic E-state index is 0.0560. The average molecular weight is 280 g/mol. The number of carbonyl (C=O) groups is 1. The average Bonchev–Trinajstić information content (AvgIpc) is 2.26. The molecule has 0 aliphatic rings. The van der Waals surface area contributed by atoms with Crippen LogP contribution in [-0.2, 0) is 14.8 Å². The third-order valence-corrected chi connectivity index (χ3v) is 3.57. The van der Waals surface area contributed by atoms with Crippen LogP contribution in [0.1, 0.15) is 0 Å². The van der Waals surface area contributed by atoms with Crippen molar-refractivity contribution in [3.8, 4) is 0 Å². The van der Waals surface area contributed by atoms with Gasteiger partial charge in [0.2, 0.25) is 10.0 Å². The van der Waals surface area contributed by atoms with Gasteiger partial charge in [0.25, 0.3) is 0 Å². The molecule has 17 heavy (non-hydrogen) atoms. The van der Waals surface area contributed by atoms with Crippen LogP contribution in [0.15, 0.2) is 29.2 Å². The highest BCUT2D eigenvalue weighted by molar-refractivity contribution is 7.89. The van der Waals surface area contributed by atoms with Gasteiger partial charge in [-0.15, -0.1) is 0 Å². The topological polar surface area (TPSA) is 104 Å². The molecule has 0 aliphatic heterocycles. The van der Waals surface area contributed by atoms with Crippen molar-refractivity contribution in [1.29, 1.82) is 0 Å². The lowest BCUT2D eigenvalue weighted by molar-refractivity contribution is -0.146. The Morgan fingerprint density at radius 1 is 1.35 bits per heavy atom. The van der Waals surface area contributed by atoms with E-state index in [9.17, 15) is 13.2 Å². The van der Waals surface area contributed by atoms with Crippen LogP contribution in [0.4, 0.5) is 0 Å². The summed E-state index contributed by atoms with van der Waals surface area (Å²) in [5.74, 6) is -1.50. The van der Waals surface area contributed by atoms with Crippen molar-refractivity contribution in [3.05, 3.63) is 29.3 Å². The molecule has 0 aromatic heterocycles. The number of carboxylic acids is 1. The molecule has 0 saturated carbocycles. The first-order valence-corrected chi connectivity index (χ1v) is 6.35. The minimum atomic E-state index is -3.84. The van der Waals surface area contributed by atoms with Crippen molar-refractivity contribution >= 4 is 27.6 Å². The second-order valence-electron chi connectivity index (χ2n) is 3.16. The summed E-state index contributed by atoms with van der Waals surface area (Å²) in [4.78, 5) is 10.2. The van der Waals surface area contributed by atoms with Crippen LogP contribution < -0.4 is 4.72 Å². The number of aliphatic hydroxyl groups is 1. The Morgan fingerprint density at radius 3 is 2.35 bits per heavy atom. The first-order chi connectivity index (χ1) is 7.83. The van der Waals surface area contributed by atoms with E-state index in [4.69, 9.17) is 21.8 Å². The Bertz CT molecular complexity index is 499. The van der Waals surface area contributed by atoms with Gasteiger partial charge in [0.1, 0.15) is 0 Å². The van der Waals surface area contributed by atoms with Crippen LogP contribution in [0, 0.1) is 0 Å². The summed E-state index contributed by atoms with van der Waals surface area (Å²) in [7, 11) is -3.84. The van der Waals surface area contributed by atoms with Crippen molar-refractivity contribution in [2.75, 3.05) is 6.54 Å². The lowest BCUT2D eigenvalue weighted by Crippen LogP contribution is -2.36. The Hall–Kier alpha value is -1.15. The molecule has 1 aromatic carbocycles. The normalized spacial score (nSPS) is 13.3. The number of benzene rings is 1. The third-order valence-electron chi connectivity index (χ3n) is 1.88. The van der Waals surface area contributed by atoms with Crippen molar-refractivity contribution in [2.45, 2.75) is 11.0 Å². The summed E-state index contributed by atoms with van der Waals surface area (Å²) in [6, 6.07) is 5.34. The zero-order valence-electron chi connectivity index (χ0n) is 8.50. The van der Waals surface area contributed by atoms with Gasteiger partial charge in [0, 0.05) is 11.6 Å². The van der Waals surface area contributed by atoms with Gasteiger partial charge in [0.15, 0.2) is 6.10 Å². The number of halogens is 1. The van der Waals surface area contributed by atoms with E-state index in [2.05, 4.69) is 0 Å². The number of nitrogens with one attached hydrogen (secondary N) is 1. The lowest BCUT2D eigenvalue weighted by atomic mass is 10.4. The second kappa shape index (κ2) is 5.46. The molecule has 0 unspecified atom stereocenters. The van der Waals surface area contributed by atoms with Gasteiger partial charge >= 0.3 is 5.97 Å². The van der Waals surface area contributed by atoms with Gasteiger partial charge in [-0.05, 0) is 24.3 Å². The molecular weight excluding hydrogens is 270 g/mol. The molecule has 0 fully saturated rings. The molecule has 0 aliphatic carbocycles. The fourth-order valence-electron chi connectivity index (χ4n) is 0.973. The molecule has 0 bridgehead atoms. The highest BCUT2D eigenvalue weighted by Crippen LogP contribution is 2.13. The summed E-state index contributed by atoms with van der Waals surface area (Å²) in [5.41, 5.74) is 0. The maximum atomic E-state index is 11.6. The predicted octanol–water partition coefficient (Wildman–Crippen LogP) is 0.0638. The van der Waals surface area contributed by atoms with Crippen molar-refractivity contribution in [1.82, 2.24) is 4.72 Å². The molecule has 94 valence electrons. The van der Waals surface area contributed by atoms with Crippen LogP contribution in [-0.4, -0.2) is 37.2 Å². The van der Waals surface area contributed by atoms with Crippen LogP contribution in [0.2, 0.25) is 5.02 Å². The Balaban J connectivity index is 2.76. The first-order valence-electron chi connectivity index (χ1n) is 4.49. The fourth-order valence-corrected chi connectivity index (χ4v) is 2.14. The molecule has 1 aromatic rings. The third kappa shape index (κ3) is 3.97. The van der Waals surface area contributed by atoms with Gasteiger partial charge in [-0.2, -0.15) is 0 Å². The fraction of sp³-hybridized carbons (Fsp3) is 0.222. The number of sulfonamides is 1. The van der Waals surface area contributed by atoms with E-state index in [0.29, 0.717) is 5.02 Å². The number of rotatable bonds is 5. The van der Waals surface area contributed by atoms with E-state index in [1.54, 1.807) is 0 Å². The van der Waals surface area contributed by atoms with Crippen LogP contribution in [0.25, 0.3) is 0 Å². The summed E-state index contributed by atoms with van der Waals surface area (Å²) in [6.07, 6.45) is -1.78. The second-order valence-corrected chi connectivity index (χ2v) is 5.36. The van der Waals surface area contributed by atoms with Gasteiger partial charge in [-0.1, -0.05) is 11.6 Å². The van der Waals surface area contributed by atoms with Crippen molar-refractivity contribution < 1.29 is 23.4 Å². The van der Waals surface area contributed by atoms with Gasteiger partial charge in [-0.3, -0.25) is 0 Å². The lowest BCUT2D eigenvalue weighted by Gasteiger charge is -2.08. The molecule has 0 amide bonds. The summed E-state index contributed by atoms with van der Waals surface area (Å²) >= 11 is 5.60. The van der Waals surface area contributed by atoms with E-state index >= 15 is 0 Å². The summed E-state index contributed by atoms with van der Waals surface area (Å²) < 4.78 is 25.2. The maximum Gasteiger partial charge on any atom is 0.333 e. The smallest absolute Gasteiger partial charge is 0.333 e. The Morgan fingerprint density at radius 2 is 1.88 bits per heavy atom. The standard InChI is InChI=1S/C9H10ClNO5S/c10-6-1-3-7(4-2-6)17(15,16)11-5-8(12)9(13)14/h1-4,8,11-12H,5H2,(H,13,14)/t8-/m0/s1. The van der Waals surface area contributed by atoms with Crippen molar-refractivity contribution in [3.63, 3.8) is 0 Å². The van der Waals surface area contributed by atoms with Gasteiger partial charge < -0.3 is 10.2 Å². The molecule has 6 nitrogen and oxygen atoms in total. The summed E-state index contributed by atoms with van der Waals surface area (Å²) in [6.45, 7) is -0.597. The Labute approximate surface area is 103 Å². The highest BCUT2D eigenvalue weighted by Gasteiger charge is 2.19. The zero-order valence-corrected chi connectivity index (χ0v) is 10.1. The molecule has 1 atom stereocenters. The molecule has 0 spiro atoms. The number of hydrogen-bond donors (Lipinski definition) is 3. The molecule has 0 radical (unpaired) electrons. The molecule has 8 heteroatoms. The highest BCUT2D eigenvalue weighted by atomic mass is 35.5. The Kier molecular flexibility index (Phi) is 4.47. The largest absolute Gasteiger partial charge is 0.479 e. The predicted molar refractivity (Wildman–Crippen MR) is 60.3 cm³/mol. The number of hydrogen-bond acceptors (Lipinski definition) is 4. The van der Waals surface area contributed by atoms with Gasteiger partial charge in [0.05, 0.1) is 4.90 Å². The van der Waals surface area contributed by atoms with Crippen LogP contribution >= 0.6 is 11.6 Å². The van der Waals surface area contributed by atoms with E-state index in [1.807, 2.05) is 4.72 Å². The number of aliphatic carboxylic acids is 1. The van der Waals surface area contributed by atoms with E-state index in [0.717, 1.165) is 0 Å². The molecule has 3 N–H and O–H groups in total. The SMILES string of the molecule is O=C(O)[C@@H](O)CNS(=O)(=O)c1ccc(Cl)cc1. The van der Waals surface area contributed by atoms with Crippen LogP contribution in [0.3, 0.4) is 0 Å². The molecule has 1 rings (SSSR count). The molecule has 0 heterocycles. The quantitative estimate of drug-likeness (QED) is 0.707. The number of carboxylic acid groups (broad SMARTS) is 1. The monoisotopic (exact) mass is 279 g/mol. The van der Waals surface area contributed by atoms with Gasteiger partial charge in [-0.25, -0.2) is 17.9 Å². The van der Waals surface area contributed by atoms with Crippen molar-refractivity contribution in [2.24, 2.45) is 0 Å².